The molecule has 88 valence electrons. The normalized spacial score (nSPS) is 14.0. The van der Waals surface area contributed by atoms with Gasteiger partial charge in [-0.15, -0.1) is 0 Å². The van der Waals surface area contributed by atoms with Crippen LogP contribution in [0.1, 0.15) is 22.8 Å². The SMILES string of the molecule is CC(=O)N(C)c1cccc2c1C(=O)NC(=O)C2. The highest BCUT2D eigenvalue weighted by Gasteiger charge is 2.26. The summed E-state index contributed by atoms with van der Waals surface area (Å²) in [7, 11) is 1.60. The Kier molecular flexibility index (Phi) is 2.67. The molecular weight excluding hydrogens is 220 g/mol. The van der Waals surface area contributed by atoms with Gasteiger partial charge in [-0.3, -0.25) is 19.7 Å². The highest BCUT2D eigenvalue weighted by molar-refractivity contribution is 6.14. The van der Waals surface area contributed by atoms with Crippen LogP contribution in [0.4, 0.5) is 5.69 Å². The van der Waals surface area contributed by atoms with E-state index in [0.717, 1.165) is 0 Å². The number of nitrogens with one attached hydrogen (secondary N) is 1. The summed E-state index contributed by atoms with van der Waals surface area (Å²) in [5, 5.41) is 2.25. The van der Waals surface area contributed by atoms with E-state index in [2.05, 4.69) is 5.32 Å². The maximum atomic E-state index is 11.8. The van der Waals surface area contributed by atoms with E-state index in [4.69, 9.17) is 0 Å². The van der Waals surface area contributed by atoms with Gasteiger partial charge in [0.05, 0.1) is 17.7 Å². The second kappa shape index (κ2) is 4.01. The number of fused-ring (bicyclic) bond motifs is 1. The van der Waals surface area contributed by atoms with Gasteiger partial charge in [0.15, 0.2) is 0 Å². The summed E-state index contributed by atoms with van der Waals surface area (Å²) >= 11 is 0. The van der Waals surface area contributed by atoms with Crippen LogP contribution in [0.3, 0.4) is 0 Å². The topological polar surface area (TPSA) is 66.5 Å². The first-order chi connectivity index (χ1) is 8.00. The third-order valence-electron chi connectivity index (χ3n) is 2.79. The molecule has 0 unspecified atom stereocenters. The number of imide groups is 1. The minimum Gasteiger partial charge on any atom is -0.315 e. The Bertz CT molecular complexity index is 522. The summed E-state index contributed by atoms with van der Waals surface area (Å²) < 4.78 is 0. The van der Waals surface area contributed by atoms with Crippen LogP contribution in [-0.2, 0) is 16.0 Å². The number of carbonyl (C=O) groups excluding carboxylic acids is 3. The second-order valence-corrected chi connectivity index (χ2v) is 3.94. The van der Waals surface area contributed by atoms with E-state index in [-0.39, 0.29) is 18.2 Å². The Balaban J connectivity index is 2.57. The van der Waals surface area contributed by atoms with Crippen molar-refractivity contribution in [3.05, 3.63) is 29.3 Å². The van der Waals surface area contributed by atoms with Crippen molar-refractivity contribution < 1.29 is 14.4 Å². The Hall–Kier alpha value is -2.17. The van der Waals surface area contributed by atoms with Gasteiger partial charge in [-0.25, -0.2) is 0 Å². The van der Waals surface area contributed by atoms with Crippen LogP contribution >= 0.6 is 0 Å². The molecule has 1 N–H and O–H groups in total. The van der Waals surface area contributed by atoms with Gasteiger partial charge in [0.1, 0.15) is 0 Å². The molecule has 1 aliphatic heterocycles. The lowest BCUT2D eigenvalue weighted by molar-refractivity contribution is -0.119. The number of rotatable bonds is 1. The van der Waals surface area contributed by atoms with Crippen molar-refractivity contribution in [2.75, 3.05) is 11.9 Å². The van der Waals surface area contributed by atoms with E-state index >= 15 is 0 Å². The van der Waals surface area contributed by atoms with Crippen LogP contribution in [0.2, 0.25) is 0 Å². The third kappa shape index (κ3) is 1.91. The van der Waals surface area contributed by atoms with Crippen LogP contribution < -0.4 is 10.2 Å². The lowest BCUT2D eigenvalue weighted by Crippen LogP contribution is -2.39. The standard InChI is InChI=1S/C12H12N2O3/c1-7(15)14(2)9-5-3-4-8-6-10(16)13-12(17)11(8)9/h3-5H,6H2,1-2H3,(H,13,16,17). The fourth-order valence-electron chi connectivity index (χ4n) is 1.85. The van der Waals surface area contributed by atoms with Crippen molar-refractivity contribution in [1.82, 2.24) is 5.32 Å². The molecule has 0 saturated heterocycles. The van der Waals surface area contributed by atoms with Crippen molar-refractivity contribution in [1.29, 1.82) is 0 Å². The molecule has 5 nitrogen and oxygen atoms in total. The van der Waals surface area contributed by atoms with Crippen molar-refractivity contribution in [2.45, 2.75) is 13.3 Å². The van der Waals surface area contributed by atoms with Crippen LogP contribution in [0.25, 0.3) is 0 Å². The number of hydrogen-bond acceptors (Lipinski definition) is 3. The Morgan fingerprint density at radius 2 is 2.06 bits per heavy atom. The van der Waals surface area contributed by atoms with Crippen molar-refractivity contribution in [3.63, 3.8) is 0 Å². The molecule has 2 rings (SSSR count). The predicted octanol–water partition coefficient (Wildman–Crippen LogP) is 0.482. The molecule has 0 fully saturated rings. The zero-order valence-corrected chi connectivity index (χ0v) is 9.61. The van der Waals surface area contributed by atoms with Crippen molar-refractivity contribution >= 4 is 23.4 Å². The fraction of sp³-hybridized carbons (Fsp3) is 0.250. The number of carbonyl (C=O) groups is 3. The maximum absolute atomic E-state index is 11.8. The van der Waals surface area contributed by atoms with Gasteiger partial charge >= 0.3 is 0 Å². The van der Waals surface area contributed by atoms with E-state index in [9.17, 15) is 14.4 Å². The van der Waals surface area contributed by atoms with Crippen LogP contribution in [0.5, 0.6) is 0 Å². The van der Waals surface area contributed by atoms with E-state index in [0.29, 0.717) is 16.8 Å². The lowest BCUT2D eigenvalue weighted by atomic mass is 9.97. The maximum Gasteiger partial charge on any atom is 0.260 e. The van der Waals surface area contributed by atoms with Crippen molar-refractivity contribution in [2.24, 2.45) is 0 Å². The minimum absolute atomic E-state index is 0.164. The summed E-state index contributed by atoms with van der Waals surface area (Å²) in [6.45, 7) is 1.42. The summed E-state index contributed by atoms with van der Waals surface area (Å²) in [5.74, 6) is -0.923. The average molecular weight is 232 g/mol. The van der Waals surface area contributed by atoms with Gasteiger partial charge in [-0.05, 0) is 11.6 Å². The zero-order valence-electron chi connectivity index (χ0n) is 9.61. The monoisotopic (exact) mass is 232 g/mol. The fourth-order valence-corrected chi connectivity index (χ4v) is 1.85. The first kappa shape index (κ1) is 11.3. The molecule has 0 aliphatic carbocycles. The lowest BCUT2D eigenvalue weighted by Gasteiger charge is -2.23. The van der Waals surface area contributed by atoms with Gasteiger partial charge in [-0.1, -0.05) is 12.1 Å². The molecule has 0 bridgehead atoms. The number of amides is 3. The molecule has 1 aliphatic rings. The number of benzene rings is 1. The van der Waals surface area contributed by atoms with E-state index in [1.807, 2.05) is 0 Å². The van der Waals surface area contributed by atoms with E-state index in [1.165, 1.54) is 11.8 Å². The predicted molar refractivity (Wildman–Crippen MR) is 61.7 cm³/mol. The smallest absolute Gasteiger partial charge is 0.260 e. The van der Waals surface area contributed by atoms with Crippen LogP contribution in [-0.4, -0.2) is 24.8 Å². The largest absolute Gasteiger partial charge is 0.315 e. The van der Waals surface area contributed by atoms with Crippen LogP contribution in [0, 0.1) is 0 Å². The van der Waals surface area contributed by atoms with Crippen LogP contribution in [0.15, 0.2) is 18.2 Å². The second-order valence-electron chi connectivity index (χ2n) is 3.94. The molecule has 0 atom stereocenters. The third-order valence-corrected chi connectivity index (χ3v) is 2.79. The zero-order chi connectivity index (χ0) is 12.6. The van der Waals surface area contributed by atoms with E-state index < -0.39 is 5.91 Å². The Morgan fingerprint density at radius 3 is 2.71 bits per heavy atom. The Morgan fingerprint density at radius 1 is 1.35 bits per heavy atom. The number of hydrogen-bond donors (Lipinski definition) is 1. The molecule has 0 aromatic heterocycles. The molecule has 0 radical (unpaired) electrons. The first-order valence-corrected chi connectivity index (χ1v) is 5.21. The Labute approximate surface area is 98.4 Å². The van der Waals surface area contributed by atoms with Gasteiger partial charge < -0.3 is 4.90 Å². The first-order valence-electron chi connectivity index (χ1n) is 5.21. The highest BCUT2D eigenvalue weighted by Crippen LogP contribution is 2.25. The molecule has 0 spiro atoms. The summed E-state index contributed by atoms with van der Waals surface area (Å²) in [6, 6.07) is 5.15. The van der Waals surface area contributed by atoms with Gasteiger partial charge in [0.25, 0.3) is 5.91 Å². The van der Waals surface area contributed by atoms with E-state index in [1.54, 1.807) is 25.2 Å². The minimum atomic E-state index is -0.444. The molecule has 3 amide bonds. The molecule has 1 aromatic rings. The number of anilines is 1. The molecule has 1 aromatic carbocycles. The highest BCUT2D eigenvalue weighted by atomic mass is 16.2. The van der Waals surface area contributed by atoms with Crippen molar-refractivity contribution in [3.8, 4) is 0 Å². The average Bonchev–Trinajstić information content (AvgIpc) is 2.26. The van der Waals surface area contributed by atoms with Gasteiger partial charge in [-0.2, -0.15) is 0 Å². The molecular formula is C12H12N2O3. The summed E-state index contributed by atoms with van der Waals surface area (Å²) in [4.78, 5) is 35.7. The summed E-state index contributed by atoms with van der Waals surface area (Å²) in [5.41, 5.74) is 1.59. The molecule has 5 heteroatoms. The number of nitrogens with zero attached hydrogens (tertiary/aromatic N) is 1. The molecule has 0 saturated carbocycles. The van der Waals surface area contributed by atoms with Gasteiger partial charge in [0.2, 0.25) is 11.8 Å². The molecule has 17 heavy (non-hydrogen) atoms. The summed E-state index contributed by atoms with van der Waals surface area (Å²) in [6.07, 6.45) is 0.167. The van der Waals surface area contributed by atoms with Gasteiger partial charge in [0, 0.05) is 14.0 Å². The molecule has 1 heterocycles. The quantitative estimate of drug-likeness (QED) is 0.716.